The maximum Gasteiger partial charge on any atom is 0.0337 e. The fourth-order valence-electron chi connectivity index (χ4n) is 0.605. The fourth-order valence-corrected chi connectivity index (χ4v) is 0.605. The van der Waals surface area contributed by atoms with Gasteiger partial charge in [-0.15, -0.1) is 0 Å². The smallest absolute Gasteiger partial charge is 0.0337 e. The Labute approximate surface area is 71.9 Å². The van der Waals surface area contributed by atoms with Crippen LogP contribution in [0.3, 0.4) is 0 Å². The maximum absolute atomic E-state index is 3.03. The third-order valence-corrected chi connectivity index (χ3v) is 1.06. The molecule has 0 aliphatic carbocycles. The number of halogens is 3. The lowest BCUT2D eigenvalue weighted by Gasteiger charge is -1.94. The largest absolute Gasteiger partial charge is 0.388 e. The van der Waals surface area contributed by atoms with Crippen LogP contribution in [0, 0.1) is 0 Å². The molecule has 1 N–H and O–H groups in total. The summed E-state index contributed by atoms with van der Waals surface area (Å²) in [5, 5.41) is 3.03. The van der Waals surface area contributed by atoms with E-state index < -0.39 is 0 Å². The lowest BCUT2D eigenvalue weighted by molar-refractivity contribution is 1.11. The van der Waals surface area contributed by atoms with E-state index in [1.165, 1.54) is 0 Å². The van der Waals surface area contributed by atoms with E-state index in [2.05, 4.69) is 5.32 Å². The minimum absolute atomic E-state index is 0. The molecule has 0 bridgehead atoms. The van der Waals surface area contributed by atoms with Crippen LogP contribution < -0.4 is 5.32 Å². The van der Waals surface area contributed by atoms with Crippen molar-refractivity contribution in [2.24, 2.45) is 0 Å². The first-order valence-electron chi connectivity index (χ1n) is 2.66. The SMILES string of the molecule is CNc1ccccc1.F.F.F.[B]. The number of hydrogen-bond acceptors (Lipinski definition) is 1. The molecule has 0 fully saturated rings. The zero-order valence-electron chi connectivity index (χ0n) is 6.69. The summed E-state index contributed by atoms with van der Waals surface area (Å²) in [6, 6.07) is 10.1. The topological polar surface area (TPSA) is 12.0 Å². The van der Waals surface area contributed by atoms with E-state index in [1.807, 2.05) is 37.4 Å². The highest BCUT2D eigenvalue weighted by Crippen LogP contribution is 2.01. The molecule has 1 aromatic carbocycles. The van der Waals surface area contributed by atoms with Crippen LogP contribution in [0.15, 0.2) is 30.3 Å². The second-order valence-electron chi connectivity index (χ2n) is 1.62. The van der Waals surface area contributed by atoms with Crippen molar-refractivity contribution in [2.75, 3.05) is 12.4 Å². The normalized spacial score (nSPS) is 5.75. The van der Waals surface area contributed by atoms with Crippen LogP contribution in [-0.2, 0) is 0 Å². The predicted molar refractivity (Wildman–Crippen MR) is 49.3 cm³/mol. The monoisotopic (exact) mass is 178 g/mol. The Hall–Kier alpha value is -1.13. The molecule has 0 saturated heterocycles. The van der Waals surface area contributed by atoms with E-state index in [1.54, 1.807) is 0 Å². The number of para-hydroxylation sites is 1. The second-order valence-corrected chi connectivity index (χ2v) is 1.62. The Morgan fingerprint density at radius 1 is 0.917 bits per heavy atom. The van der Waals surface area contributed by atoms with Crippen molar-refractivity contribution in [3.63, 3.8) is 0 Å². The summed E-state index contributed by atoms with van der Waals surface area (Å²) in [5.74, 6) is 0. The Bertz CT molecular complexity index is 160. The van der Waals surface area contributed by atoms with Crippen LogP contribution in [0.1, 0.15) is 0 Å². The Balaban J connectivity index is -0.0000000800. The van der Waals surface area contributed by atoms with E-state index in [-0.39, 0.29) is 22.5 Å². The molecule has 1 nitrogen and oxygen atoms in total. The van der Waals surface area contributed by atoms with Gasteiger partial charge in [0.15, 0.2) is 0 Å². The van der Waals surface area contributed by atoms with Gasteiger partial charge in [0.05, 0.1) is 0 Å². The van der Waals surface area contributed by atoms with Crippen LogP contribution >= 0.6 is 0 Å². The molecule has 0 atom stereocenters. The highest BCUT2D eigenvalue weighted by Gasteiger charge is 1.77. The molecule has 12 heavy (non-hydrogen) atoms. The molecule has 0 spiro atoms. The van der Waals surface area contributed by atoms with Crippen molar-refractivity contribution in [2.45, 2.75) is 0 Å². The molecule has 1 rings (SSSR count). The number of benzene rings is 1. The average Bonchev–Trinajstić information content (AvgIpc) is 1.90. The highest BCUT2D eigenvalue weighted by atomic mass is 19.0. The van der Waals surface area contributed by atoms with Gasteiger partial charge in [0.2, 0.25) is 0 Å². The predicted octanol–water partition coefficient (Wildman–Crippen LogP) is 1.81. The lowest BCUT2D eigenvalue weighted by Crippen LogP contribution is -1.84. The van der Waals surface area contributed by atoms with E-state index in [9.17, 15) is 0 Å². The van der Waals surface area contributed by atoms with E-state index in [0.29, 0.717) is 0 Å². The standard InChI is InChI=1S/C7H9N.B.3FH/c1-8-7-5-3-2-4-6-7;;;;/h2-6,8H,1H3;;3*1H. The third-order valence-electron chi connectivity index (χ3n) is 1.06. The molecule has 3 radical (unpaired) electrons. The minimum atomic E-state index is 0. The van der Waals surface area contributed by atoms with Crippen molar-refractivity contribution < 1.29 is 14.1 Å². The summed E-state index contributed by atoms with van der Waals surface area (Å²) in [5.41, 5.74) is 1.16. The van der Waals surface area contributed by atoms with Gasteiger partial charge in [-0.25, -0.2) is 0 Å². The first-order chi connectivity index (χ1) is 3.93. The van der Waals surface area contributed by atoms with Gasteiger partial charge in [-0.1, -0.05) is 18.2 Å². The molecule has 0 saturated carbocycles. The zero-order valence-corrected chi connectivity index (χ0v) is 6.69. The minimum Gasteiger partial charge on any atom is -0.388 e. The Morgan fingerprint density at radius 2 is 1.33 bits per heavy atom. The molecule has 0 amide bonds. The summed E-state index contributed by atoms with van der Waals surface area (Å²) in [7, 11) is 1.91. The van der Waals surface area contributed by atoms with Crippen molar-refractivity contribution in [1.82, 2.24) is 0 Å². The Kier molecular flexibility index (Phi) is 23.5. The van der Waals surface area contributed by atoms with Gasteiger partial charge in [-0.2, -0.15) is 0 Å². The zero-order chi connectivity index (χ0) is 5.82. The molecule has 0 aliphatic rings. The summed E-state index contributed by atoms with van der Waals surface area (Å²) in [6.07, 6.45) is 0. The molecular weight excluding hydrogens is 166 g/mol. The summed E-state index contributed by atoms with van der Waals surface area (Å²) in [6.45, 7) is 0. The molecular formula is C7H12BF3N. The molecule has 0 aromatic heterocycles. The molecule has 69 valence electrons. The van der Waals surface area contributed by atoms with Crippen LogP contribution in [0.5, 0.6) is 0 Å². The van der Waals surface area contributed by atoms with Gasteiger partial charge < -0.3 is 5.32 Å². The van der Waals surface area contributed by atoms with Gasteiger partial charge in [-0.05, 0) is 12.1 Å². The van der Waals surface area contributed by atoms with E-state index >= 15 is 0 Å². The first kappa shape index (κ1) is 22.4. The van der Waals surface area contributed by atoms with Gasteiger partial charge in [0.1, 0.15) is 0 Å². The van der Waals surface area contributed by atoms with Crippen molar-refractivity contribution in [3.8, 4) is 0 Å². The molecule has 0 unspecified atom stereocenters. The summed E-state index contributed by atoms with van der Waals surface area (Å²) >= 11 is 0. The van der Waals surface area contributed by atoms with E-state index in [0.717, 1.165) is 5.69 Å². The number of hydrogen-bond donors (Lipinski definition) is 1. The van der Waals surface area contributed by atoms with Crippen molar-refractivity contribution in [1.29, 1.82) is 0 Å². The van der Waals surface area contributed by atoms with Crippen LogP contribution in [0.2, 0.25) is 0 Å². The summed E-state index contributed by atoms with van der Waals surface area (Å²) in [4.78, 5) is 0. The van der Waals surface area contributed by atoms with Gasteiger partial charge in [-0.3, -0.25) is 14.1 Å². The molecule has 5 heteroatoms. The quantitative estimate of drug-likeness (QED) is 0.646. The second kappa shape index (κ2) is 12.5. The fraction of sp³-hybridized carbons (Fsp3) is 0.143. The van der Waals surface area contributed by atoms with Crippen LogP contribution in [0.4, 0.5) is 19.8 Å². The van der Waals surface area contributed by atoms with Crippen LogP contribution in [0.25, 0.3) is 0 Å². The van der Waals surface area contributed by atoms with Gasteiger partial charge >= 0.3 is 0 Å². The van der Waals surface area contributed by atoms with Gasteiger partial charge in [0.25, 0.3) is 0 Å². The van der Waals surface area contributed by atoms with Crippen molar-refractivity contribution >= 4 is 14.1 Å². The first-order valence-corrected chi connectivity index (χ1v) is 2.66. The molecule has 0 heterocycles. The highest BCUT2D eigenvalue weighted by molar-refractivity contribution is 5.75. The number of rotatable bonds is 1. The van der Waals surface area contributed by atoms with Gasteiger partial charge in [0, 0.05) is 21.1 Å². The number of nitrogens with one attached hydrogen (secondary N) is 1. The average molecular weight is 178 g/mol. The number of anilines is 1. The van der Waals surface area contributed by atoms with E-state index in [4.69, 9.17) is 0 Å². The summed E-state index contributed by atoms with van der Waals surface area (Å²) < 4.78 is 0. The van der Waals surface area contributed by atoms with Crippen LogP contribution in [-0.4, -0.2) is 15.5 Å². The lowest BCUT2D eigenvalue weighted by atomic mass is 10.3. The Morgan fingerprint density at radius 3 is 1.58 bits per heavy atom. The molecule has 1 aromatic rings. The maximum atomic E-state index is 3.03. The molecule has 0 aliphatic heterocycles. The van der Waals surface area contributed by atoms with Crippen molar-refractivity contribution in [3.05, 3.63) is 30.3 Å². The third kappa shape index (κ3) is 6.99.